The number of hydrogen-bond acceptors (Lipinski definition) is 6. The number of nitrogens with one attached hydrogen (secondary N) is 2. The Balaban J connectivity index is 1.34. The van der Waals surface area contributed by atoms with Gasteiger partial charge in [-0.15, -0.1) is 0 Å². The van der Waals surface area contributed by atoms with Gasteiger partial charge in [-0.2, -0.15) is 4.31 Å². The normalized spacial score (nSPS) is 15.4. The van der Waals surface area contributed by atoms with Gasteiger partial charge in [0.15, 0.2) is 5.76 Å². The summed E-state index contributed by atoms with van der Waals surface area (Å²) in [4.78, 5) is 36.5. The molecule has 1 saturated heterocycles. The maximum Gasteiger partial charge on any atom is 0.305 e. The number of rotatable bonds is 5. The Morgan fingerprint density at radius 3 is 2.41 bits per heavy atom. The second kappa shape index (κ2) is 8.95. The lowest BCUT2D eigenvalue weighted by molar-refractivity contribution is -0.126. The number of para-hydroxylation sites is 1. The first-order valence-corrected chi connectivity index (χ1v) is 12.1. The van der Waals surface area contributed by atoms with Crippen LogP contribution in [-0.2, 0) is 21.9 Å². The Labute approximate surface area is 195 Å². The van der Waals surface area contributed by atoms with Gasteiger partial charge >= 0.3 is 5.91 Å². The Morgan fingerprint density at radius 1 is 1.12 bits per heavy atom. The van der Waals surface area contributed by atoms with E-state index in [2.05, 4.69) is 10.9 Å². The zero-order valence-corrected chi connectivity index (χ0v) is 19.5. The first-order chi connectivity index (χ1) is 16.1. The van der Waals surface area contributed by atoms with Gasteiger partial charge in [0, 0.05) is 43.2 Å². The van der Waals surface area contributed by atoms with Gasteiger partial charge in [0.2, 0.25) is 15.9 Å². The third-order valence-corrected chi connectivity index (χ3v) is 7.91. The lowest BCUT2D eigenvalue weighted by atomic mass is 9.98. The van der Waals surface area contributed by atoms with Crippen molar-refractivity contribution in [3.05, 3.63) is 53.5 Å². The Bertz CT molecular complexity index is 1380. The van der Waals surface area contributed by atoms with Crippen molar-refractivity contribution in [2.45, 2.75) is 24.7 Å². The van der Waals surface area contributed by atoms with Crippen molar-refractivity contribution >= 4 is 38.7 Å². The van der Waals surface area contributed by atoms with Gasteiger partial charge in [-0.05, 0) is 31.9 Å². The summed E-state index contributed by atoms with van der Waals surface area (Å²) in [6, 6.07) is 8.48. The molecule has 0 radical (unpaired) electrons. The van der Waals surface area contributed by atoms with Crippen molar-refractivity contribution in [3.8, 4) is 0 Å². The van der Waals surface area contributed by atoms with Crippen LogP contribution in [0.1, 0.15) is 39.4 Å². The van der Waals surface area contributed by atoms with Gasteiger partial charge in [-0.3, -0.25) is 25.2 Å². The Kier molecular flexibility index (Phi) is 6.19. The van der Waals surface area contributed by atoms with Crippen LogP contribution in [0.3, 0.4) is 0 Å². The van der Waals surface area contributed by atoms with E-state index < -0.39 is 33.7 Å². The first kappa shape index (κ1) is 23.5. The van der Waals surface area contributed by atoms with Crippen molar-refractivity contribution in [1.29, 1.82) is 0 Å². The molecule has 0 spiro atoms. The minimum atomic E-state index is -3.83. The fourth-order valence-corrected chi connectivity index (χ4v) is 5.64. The maximum absolute atomic E-state index is 12.9. The van der Waals surface area contributed by atoms with Gasteiger partial charge in [0.1, 0.15) is 16.2 Å². The summed E-state index contributed by atoms with van der Waals surface area (Å²) < 4.78 is 34.1. The van der Waals surface area contributed by atoms with Crippen LogP contribution in [0, 0.1) is 12.8 Å². The second-order valence-corrected chi connectivity index (χ2v) is 10.1. The van der Waals surface area contributed by atoms with E-state index in [4.69, 9.17) is 10.2 Å². The van der Waals surface area contributed by atoms with Crippen molar-refractivity contribution in [2.75, 3.05) is 13.1 Å². The lowest BCUT2D eigenvalue weighted by Gasteiger charge is -2.30. The van der Waals surface area contributed by atoms with Crippen LogP contribution in [0.2, 0.25) is 0 Å². The summed E-state index contributed by atoms with van der Waals surface area (Å²) in [6.45, 7) is 2.01. The highest BCUT2D eigenvalue weighted by molar-refractivity contribution is 7.89. The average molecular weight is 488 g/mol. The molecule has 11 nitrogen and oxygen atoms in total. The number of amides is 3. The number of nitrogens with zero attached hydrogens (tertiary/aromatic N) is 2. The molecule has 0 atom stereocenters. The third-order valence-electron chi connectivity index (χ3n) is 6.04. The van der Waals surface area contributed by atoms with E-state index in [1.54, 1.807) is 19.1 Å². The van der Waals surface area contributed by atoms with Crippen LogP contribution < -0.4 is 16.6 Å². The van der Waals surface area contributed by atoms with E-state index in [1.807, 2.05) is 12.1 Å². The fourth-order valence-electron chi connectivity index (χ4n) is 4.10. The molecular weight excluding hydrogens is 462 g/mol. The number of aromatic nitrogens is 1. The molecule has 3 heterocycles. The van der Waals surface area contributed by atoms with Crippen LogP contribution in [0.25, 0.3) is 11.0 Å². The standard InChI is InChI=1S/C22H25N5O6S/c1-13-16-5-3-4-6-18(16)33-19(13)22(30)25-24-21(29)14-7-9-27(10-8-14)34(31,32)15-11-17(20(23)28)26(2)12-15/h3-6,11-12,14H,7-10H2,1-2H3,(H2,23,28)(H,24,29)(H,25,30). The Hall–Kier alpha value is -3.64. The molecule has 0 aliphatic carbocycles. The van der Waals surface area contributed by atoms with Gasteiger partial charge < -0.3 is 14.7 Å². The van der Waals surface area contributed by atoms with Crippen LogP contribution in [0.15, 0.2) is 45.8 Å². The predicted octanol–water partition coefficient (Wildman–Crippen LogP) is 1.04. The van der Waals surface area contributed by atoms with Crippen LogP contribution >= 0.6 is 0 Å². The topological polar surface area (TPSA) is 157 Å². The predicted molar refractivity (Wildman–Crippen MR) is 122 cm³/mol. The first-order valence-electron chi connectivity index (χ1n) is 10.6. The van der Waals surface area contributed by atoms with Gasteiger partial charge in [-0.25, -0.2) is 8.42 Å². The van der Waals surface area contributed by atoms with Crippen LogP contribution in [0.4, 0.5) is 0 Å². The molecule has 2 aromatic heterocycles. The number of benzene rings is 1. The molecule has 3 aromatic rings. The monoisotopic (exact) mass is 487 g/mol. The highest BCUT2D eigenvalue weighted by atomic mass is 32.2. The molecule has 34 heavy (non-hydrogen) atoms. The summed E-state index contributed by atoms with van der Waals surface area (Å²) in [7, 11) is -2.30. The van der Waals surface area contributed by atoms with Gasteiger partial charge in [0.05, 0.1) is 0 Å². The van der Waals surface area contributed by atoms with E-state index in [0.717, 1.165) is 5.39 Å². The maximum atomic E-state index is 12.9. The summed E-state index contributed by atoms with van der Waals surface area (Å²) in [5.74, 6) is -2.06. The molecule has 4 rings (SSSR count). The van der Waals surface area contributed by atoms with Gasteiger partial charge in [-0.1, -0.05) is 18.2 Å². The number of hydrogen-bond donors (Lipinski definition) is 3. The number of carbonyl (C=O) groups is 3. The number of aryl methyl sites for hydroxylation is 2. The molecule has 1 aliphatic heterocycles. The van der Waals surface area contributed by atoms with E-state index in [1.165, 1.54) is 28.2 Å². The van der Waals surface area contributed by atoms with E-state index in [9.17, 15) is 22.8 Å². The third kappa shape index (κ3) is 4.29. The van der Waals surface area contributed by atoms with E-state index >= 15 is 0 Å². The largest absolute Gasteiger partial charge is 0.451 e. The molecule has 12 heteroatoms. The molecular formula is C22H25N5O6S. The van der Waals surface area contributed by atoms with Crippen LogP contribution in [0.5, 0.6) is 0 Å². The minimum absolute atomic E-state index is 0.0276. The van der Waals surface area contributed by atoms with Gasteiger partial charge in [0.25, 0.3) is 5.91 Å². The smallest absolute Gasteiger partial charge is 0.305 e. The molecule has 1 fully saturated rings. The molecule has 3 amide bonds. The van der Waals surface area contributed by atoms with Crippen LogP contribution in [-0.4, -0.2) is 48.1 Å². The number of hydrazine groups is 1. The SMILES string of the molecule is Cc1c(C(=O)NNC(=O)C2CCN(S(=O)(=O)c3cc(C(N)=O)n(C)c3)CC2)oc2ccccc12. The molecule has 0 saturated carbocycles. The summed E-state index contributed by atoms with van der Waals surface area (Å²) in [5.41, 5.74) is 11.4. The van der Waals surface area contributed by atoms with Crippen molar-refractivity contribution in [3.63, 3.8) is 0 Å². The molecule has 4 N–H and O–H groups in total. The second-order valence-electron chi connectivity index (χ2n) is 8.21. The summed E-state index contributed by atoms with van der Waals surface area (Å²) in [5, 5.41) is 0.814. The van der Waals surface area contributed by atoms with Crippen molar-refractivity contribution in [2.24, 2.45) is 18.7 Å². The number of primary amides is 1. The molecule has 180 valence electrons. The minimum Gasteiger partial charge on any atom is -0.451 e. The molecule has 1 aliphatic rings. The molecule has 0 bridgehead atoms. The Morgan fingerprint density at radius 2 is 1.79 bits per heavy atom. The average Bonchev–Trinajstić information content (AvgIpc) is 3.38. The number of fused-ring (bicyclic) bond motifs is 1. The van der Waals surface area contributed by atoms with E-state index in [-0.39, 0.29) is 42.3 Å². The molecule has 0 unspecified atom stereocenters. The van der Waals surface area contributed by atoms with Crippen molar-refractivity contribution < 1.29 is 27.2 Å². The number of furan rings is 1. The van der Waals surface area contributed by atoms with Crippen molar-refractivity contribution in [1.82, 2.24) is 19.7 Å². The zero-order chi connectivity index (χ0) is 24.6. The quantitative estimate of drug-likeness (QED) is 0.457. The number of sulfonamides is 1. The lowest BCUT2D eigenvalue weighted by Crippen LogP contribution is -2.48. The number of carbonyl (C=O) groups excluding carboxylic acids is 3. The highest BCUT2D eigenvalue weighted by Gasteiger charge is 2.33. The van der Waals surface area contributed by atoms with E-state index in [0.29, 0.717) is 11.1 Å². The molecule has 1 aromatic carbocycles. The summed E-state index contributed by atoms with van der Waals surface area (Å²) >= 11 is 0. The number of nitrogens with two attached hydrogens (primary N) is 1. The fraction of sp³-hybridized carbons (Fsp3) is 0.318. The highest BCUT2D eigenvalue weighted by Crippen LogP contribution is 2.26. The summed E-state index contributed by atoms with van der Waals surface area (Å²) in [6.07, 6.45) is 1.89. The zero-order valence-electron chi connectivity index (χ0n) is 18.7. The number of piperidine rings is 1.